The first-order chi connectivity index (χ1) is 24.1. The van der Waals surface area contributed by atoms with Gasteiger partial charge in [-0.2, -0.15) is 0 Å². The van der Waals surface area contributed by atoms with Crippen LogP contribution in [0, 0.1) is 12.5 Å². The molecule has 4 aromatic heterocycles. The second kappa shape index (κ2) is 14.8. The van der Waals surface area contributed by atoms with E-state index < -0.39 is 52.2 Å². The van der Waals surface area contributed by atoms with Gasteiger partial charge in [0.05, 0.1) is 37.4 Å². The summed E-state index contributed by atoms with van der Waals surface area (Å²) >= 11 is 5.92. The first kappa shape index (κ1) is 35.2. The molecule has 0 amide bonds. The van der Waals surface area contributed by atoms with Crippen molar-refractivity contribution in [2.24, 2.45) is 10.9 Å². The summed E-state index contributed by atoms with van der Waals surface area (Å²) in [6, 6.07) is 5.16. The smallest absolute Gasteiger partial charge is 0.330 e. The molecule has 20 heteroatoms. The van der Waals surface area contributed by atoms with Crippen LogP contribution in [-0.4, -0.2) is 105 Å². The van der Waals surface area contributed by atoms with E-state index in [4.69, 9.17) is 50.5 Å². The highest BCUT2D eigenvalue weighted by atomic mass is 32.5. The fourth-order valence-corrected chi connectivity index (χ4v) is 9.12. The summed E-state index contributed by atoms with van der Waals surface area (Å²) in [5.41, 5.74) is 1.16. The van der Waals surface area contributed by atoms with Crippen molar-refractivity contribution in [1.29, 1.82) is 0 Å². The molecule has 0 radical (unpaired) electrons. The van der Waals surface area contributed by atoms with Crippen molar-refractivity contribution in [2.75, 3.05) is 40.5 Å². The Kier molecular flexibility index (Phi) is 10.4. The second-order valence-electron chi connectivity index (χ2n) is 12.2. The van der Waals surface area contributed by atoms with Gasteiger partial charge in [-0.15, -0.1) is 0 Å². The predicted molar refractivity (Wildman–Crippen MR) is 185 cm³/mol. The Balaban J connectivity index is 1.18. The first-order valence-electron chi connectivity index (χ1n) is 15.8. The van der Waals surface area contributed by atoms with E-state index in [-0.39, 0.29) is 37.8 Å². The van der Waals surface area contributed by atoms with Gasteiger partial charge in [0.1, 0.15) is 30.7 Å². The van der Waals surface area contributed by atoms with E-state index in [1.807, 2.05) is 48.8 Å². The van der Waals surface area contributed by atoms with Crippen molar-refractivity contribution in [2.45, 2.75) is 50.2 Å². The van der Waals surface area contributed by atoms with E-state index in [0.29, 0.717) is 17.8 Å². The van der Waals surface area contributed by atoms with Crippen molar-refractivity contribution < 1.29 is 37.0 Å². The molecule has 0 saturated carbocycles. The minimum Gasteiger partial charge on any atom is -0.369 e. The van der Waals surface area contributed by atoms with E-state index >= 15 is 0 Å². The Morgan fingerprint density at radius 3 is 2.82 bits per heavy atom. The number of pyridine rings is 1. The zero-order valence-corrected chi connectivity index (χ0v) is 30.0. The molecule has 266 valence electrons. The number of imidazole rings is 1. The summed E-state index contributed by atoms with van der Waals surface area (Å²) in [7, 11) is 1.36. The van der Waals surface area contributed by atoms with E-state index in [2.05, 4.69) is 19.8 Å². The number of aliphatic imine (C=N–C) groups is 1. The zero-order chi connectivity index (χ0) is 35.0. The third-order valence-electron chi connectivity index (χ3n) is 8.63. The van der Waals surface area contributed by atoms with Gasteiger partial charge in [0, 0.05) is 68.9 Å². The highest BCUT2D eigenvalue weighted by molar-refractivity contribution is 8.07. The number of nitrogens with zero attached hydrogens (tertiary/aromatic N) is 8. The van der Waals surface area contributed by atoms with E-state index in [9.17, 15) is 9.69 Å². The van der Waals surface area contributed by atoms with Crippen molar-refractivity contribution in [3.05, 3.63) is 71.0 Å². The number of fused-ring (bicyclic) bond motifs is 5. The molecule has 2 unspecified atom stereocenters. The van der Waals surface area contributed by atoms with Gasteiger partial charge in [-0.3, -0.25) is 13.8 Å². The van der Waals surface area contributed by atoms with Crippen LogP contribution in [-0.2, 0) is 43.9 Å². The van der Waals surface area contributed by atoms with Gasteiger partial charge in [-0.05, 0) is 23.9 Å². The SMILES string of the molecule is [C-]#[N+]CCOP1(=S)OC[C@H]2O[C@@H](n3ccc(=O)n4ccnc34)[C@H](OP(O)OC[C@H]3O[C@@H](n4ccc5c(N=CN(C)C)ccnc54)C[C@@H]3O1)[C@@H]2C. The maximum Gasteiger partial charge on any atom is 0.330 e. The second-order valence-corrected chi connectivity index (χ2v) is 16.1. The molecule has 3 saturated heterocycles. The van der Waals surface area contributed by atoms with Crippen LogP contribution in [0.4, 0.5) is 5.69 Å². The lowest BCUT2D eigenvalue weighted by molar-refractivity contribution is -0.0605. The summed E-state index contributed by atoms with van der Waals surface area (Å²) in [6.07, 6.45) is 6.19. The third-order valence-corrected chi connectivity index (χ3v) is 11.8. The van der Waals surface area contributed by atoms with Gasteiger partial charge in [0.2, 0.25) is 12.3 Å². The monoisotopic (exact) mass is 746 g/mol. The lowest BCUT2D eigenvalue weighted by Gasteiger charge is -2.28. The molecule has 50 heavy (non-hydrogen) atoms. The largest absolute Gasteiger partial charge is 0.369 e. The van der Waals surface area contributed by atoms with Crippen LogP contribution in [0.25, 0.3) is 21.7 Å². The molecule has 0 spiro atoms. The molecule has 7 rings (SSSR count). The third kappa shape index (κ3) is 7.14. The van der Waals surface area contributed by atoms with Crippen LogP contribution < -0.4 is 5.56 Å². The molecular weight excluding hydrogens is 710 g/mol. The summed E-state index contributed by atoms with van der Waals surface area (Å²) in [4.78, 5) is 42.3. The Bertz CT molecular complexity index is 2020. The molecule has 9 atom stereocenters. The molecule has 3 fully saturated rings. The van der Waals surface area contributed by atoms with E-state index in [0.717, 1.165) is 11.1 Å². The fraction of sp³-hybridized carbons (Fsp3) is 0.500. The highest BCUT2D eigenvalue weighted by Gasteiger charge is 2.48. The van der Waals surface area contributed by atoms with Crippen molar-refractivity contribution in [1.82, 2.24) is 28.4 Å². The van der Waals surface area contributed by atoms with E-state index in [1.165, 1.54) is 16.7 Å². The zero-order valence-electron chi connectivity index (χ0n) is 27.4. The van der Waals surface area contributed by atoms with Crippen LogP contribution in [0.3, 0.4) is 0 Å². The minimum atomic E-state index is -3.49. The molecule has 1 N–H and O–H groups in total. The van der Waals surface area contributed by atoms with Gasteiger partial charge in [-0.25, -0.2) is 21.5 Å². The Morgan fingerprint density at radius 2 is 2.00 bits per heavy atom. The van der Waals surface area contributed by atoms with Gasteiger partial charge in [0.25, 0.3) is 5.56 Å². The number of rotatable bonds is 7. The summed E-state index contributed by atoms with van der Waals surface area (Å²) in [5.74, 6) is -0.00813. The highest BCUT2D eigenvalue weighted by Crippen LogP contribution is 2.55. The number of hydrogen-bond donors (Lipinski definition) is 1. The summed E-state index contributed by atoms with van der Waals surface area (Å²) < 4.78 is 48.7. The van der Waals surface area contributed by atoms with Gasteiger partial charge < -0.3 is 51.3 Å². The molecule has 3 aliphatic rings. The Labute approximate surface area is 293 Å². The molecule has 7 heterocycles. The van der Waals surface area contributed by atoms with Crippen LogP contribution in [0.1, 0.15) is 25.8 Å². The maximum atomic E-state index is 12.4. The lowest BCUT2D eigenvalue weighted by atomic mass is 10.0. The molecule has 0 aromatic carbocycles. The first-order valence-corrected chi connectivity index (χ1v) is 19.5. The topological polar surface area (TPSA) is 162 Å². The normalized spacial score (nSPS) is 32.1. The molecule has 4 aromatic rings. The quantitative estimate of drug-likeness (QED) is 0.0958. The molecule has 3 aliphatic heterocycles. The van der Waals surface area contributed by atoms with Crippen LogP contribution >= 0.6 is 15.3 Å². The van der Waals surface area contributed by atoms with Crippen LogP contribution in [0.2, 0.25) is 0 Å². The van der Waals surface area contributed by atoms with Crippen molar-refractivity contribution >= 4 is 56.0 Å². The average Bonchev–Trinajstić information content (AvgIpc) is 3.89. The van der Waals surface area contributed by atoms with Gasteiger partial charge in [-0.1, -0.05) is 6.92 Å². The molecule has 17 nitrogen and oxygen atoms in total. The summed E-state index contributed by atoms with van der Waals surface area (Å²) in [6.45, 7) is 5.56. The number of aromatic nitrogens is 5. The Hall–Kier alpha value is -3.17. The van der Waals surface area contributed by atoms with Crippen LogP contribution in [0.5, 0.6) is 0 Å². The number of hydrogen-bond acceptors (Lipinski definition) is 13. The van der Waals surface area contributed by atoms with E-state index in [1.54, 1.807) is 29.5 Å². The fourth-order valence-electron chi connectivity index (χ4n) is 6.16. The standard InChI is InChI=1S/C30H36N8O9P2S/c1-19-23-17-43-49(50,42-14-10-31-2)47-22-15-26(37-11-6-20-21(34-18-35(3)4)5-8-32-28(20)37)44-24(22)16-41-48(40)46-27(19)29(45-23)38-12-7-25(39)36-13-9-33-30(36)38/h5-9,11-13,18-19,22-24,26-27,29,40H,10,14-17H2,1,3-4H3/t19-,22+,23-,24-,26-,27-,29-,48?,49?/m1/s1. The maximum absolute atomic E-state index is 12.4. The average molecular weight is 747 g/mol. The van der Waals surface area contributed by atoms with Crippen molar-refractivity contribution in [3.8, 4) is 0 Å². The molecule has 2 bridgehead atoms. The predicted octanol–water partition coefficient (Wildman–Crippen LogP) is 3.79. The summed E-state index contributed by atoms with van der Waals surface area (Å²) in [5, 5.41) is 0.839. The minimum absolute atomic E-state index is 0.00793. The number of ether oxygens (including phenoxy) is 2. The Morgan fingerprint density at radius 1 is 1.16 bits per heavy atom. The molecule has 0 aliphatic carbocycles. The van der Waals surface area contributed by atoms with Gasteiger partial charge >= 0.3 is 15.3 Å². The van der Waals surface area contributed by atoms with Crippen LogP contribution in [0.15, 0.2) is 59.0 Å². The van der Waals surface area contributed by atoms with Crippen molar-refractivity contribution in [3.63, 3.8) is 0 Å². The lowest BCUT2D eigenvalue weighted by Crippen LogP contribution is -2.30. The molecular formula is C30H36N8O9P2S. The van der Waals surface area contributed by atoms with Gasteiger partial charge in [0.15, 0.2) is 6.23 Å².